The fraction of sp³-hybridized carbons (Fsp3) is 0.0909. The molecule has 0 aliphatic heterocycles. The van der Waals surface area contributed by atoms with Crippen LogP contribution < -0.4 is 0 Å². The molecule has 0 aliphatic rings. The fourth-order valence-corrected chi connectivity index (χ4v) is 0.834. The molecule has 0 bridgehead atoms. The van der Waals surface area contributed by atoms with E-state index in [1.54, 1.807) is 0 Å². The van der Waals surface area contributed by atoms with Crippen LogP contribution in [0.2, 0.25) is 0 Å². The second-order valence-electron chi connectivity index (χ2n) is 2.31. The van der Waals surface area contributed by atoms with E-state index in [1.807, 2.05) is 42.5 Å². The normalized spacial score (nSPS) is 9.36. The first kappa shape index (κ1) is 13.6. The first-order valence-electron chi connectivity index (χ1n) is 3.94. The van der Waals surface area contributed by atoms with Crippen molar-refractivity contribution in [1.29, 1.82) is 0 Å². The summed E-state index contributed by atoms with van der Waals surface area (Å²) in [5, 5.41) is 0. The molecule has 0 radical (unpaired) electrons. The van der Waals surface area contributed by atoms with Crippen LogP contribution in [0.25, 0.3) is 6.08 Å². The summed E-state index contributed by atoms with van der Waals surface area (Å²) in [7, 11) is 0. The summed E-state index contributed by atoms with van der Waals surface area (Å²) in [6, 6.07) is 10.1. The van der Waals surface area contributed by atoms with Gasteiger partial charge in [-0.3, -0.25) is 0 Å². The molecule has 0 heterocycles. The summed E-state index contributed by atoms with van der Waals surface area (Å²) in [4.78, 5) is 0. The number of hydrogen-bond donors (Lipinski definition) is 0. The minimum Gasteiger partial charge on any atom is -0.122 e. The van der Waals surface area contributed by atoms with Gasteiger partial charge >= 0.3 is 0 Å². The molecule has 0 N–H and O–H groups in total. The first-order valence-corrected chi connectivity index (χ1v) is 5.23. The van der Waals surface area contributed by atoms with E-state index in [9.17, 15) is 0 Å². The Morgan fingerprint density at radius 3 is 2.14 bits per heavy atom. The quantitative estimate of drug-likeness (QED) is 0.656. The van der Waals surface area contributed by atoms with Crippen LogP contribution in [0.1, 0.15) is 5.56 Å². The zero-order valence-corrected chi connectivity index (χ0v) is 9.86. The molecule has 14 heavy (non-hydrogen) atoms. The van der Waals surface area contributed by atoms with E-state index < -0.39 is 0 Å². The van der Waals surface area contributed by atoms with Gasteiger partial charge in [-0.1, -0.05) is 72.3 Å². The van der Waals surface area contributed by atoms with Crippen LogP contribution in [0.5, 0.6) is 0 Å². The van der Waals surface area contributed by atoms with E-state index in [2.05, 4.69) is 6.58 Å². The van der Waals surface area contributed by atoms with Gasteiger partial charge in [-0.05, 0) is 5.56 Å². The zero-order valence-electron chi connectivity index (χ0n) is 7.59. The van der Waals surface area contributed by atoms with Crippen LogP contribution in [0.3, 0.4) is 0 Å². The van der Waals surface area contributed by atoms with E-state index >= 15 is 0 Å². The van der Waals surface area contributed by atoms with E-state index in [4.69, 9.17) is 34.8 Å². The number of rotatable bonds is 2. The van der Waals surface area contributed by atoms with Gasteiger partial charge < -0.3 is 0 Å². The molecule has 0 amide bonds. The fourth-order valence-electron chi connectivity index (χ4n) is 0.745. The van der Waals surface area contributed by atoms with E-state index in [-0.39, 0.29) is 4.49 Å². The van der Waals surface area contributed by atoms with E-state index in [0.29, 0.717) is 5.88 Å². The smallest absolute Gasteiger partial charge is 0.0992 e. The molecule has 0 fully saturated rings. The molecule has 0 atom stereocenters. The third-order valence-electron chi connectivity index (χ3n) is 1.20. The Balaban J connectivity index is 0.000000364. The highest BCUT2D eigenvalue weighted by Gasteiger charge is 1.79. The van der Waals surface area contributed by atoms with Crippen LogP contribution in [0.15, 0.2) is 47.5 Å². The lowest BCUT2D eigenvalue weighted by atomic mass is 10.2. The average molecular weight is 250 g/mol. The number of halogens is 3. The predicted octanol–water partition coefficient (Wildman–Crippen LogP) is 4.87. The molecule has 0 saturated heterocycles. The van der Waals surface area contributed by atoms with Crippen LogP contribution in [-0.4, -0.2) is 5.88 Å². The first-order chi connectivity index (χ1) is 6.66. The largest absolute Gasteiger partial charge is 0.122 e. The zero-order chi connectivity index (χ0) is 10.8. The second-order valence-corrected chi connectivity index (χ2v) is 3.72. The Morgan fingerprint density at radius 1 is 1.21 bits per heavy atom. The topological polar surface area (TPSA) is 0 Å². The molecule has 0 unspecified atom stereocenters. The summed E-state index contributed by atoms with van der Waals surface area (Å²) in [5.41, 5.74) is 1.20. The maximum atomic E-state index is 5.46. The Morgan fingerprint density at radius 2 is 1.71 bits per heavy atom. The van der Waals surface area contributed by atoms with Gasteiger partial charge in [0.25, 0.3) is 0 Å². The minimum absolute atomic E-state index is 0.111. The van der Waals surface area contributed by atoms with Gasteiger partial charge in [-0.15, -0.1) is 11.6 Å². The van der Waals surface area contributed by atoms with Crippen LogP contribution in [-0.2, 0) is 0 Å². The van der Waals surface area contributed by atoms with Gasteiger partial charge in [0.15, 0.2) is 0 Å². The molecule has 1 aromatic carbocycles. The van der Waals surface area contributed by atoms with Crippen LogP contribution in [0.4, 0.5) is 0 Å². The van der Waals surface area contributed by atoms with Gasteiger partial charge in [0.1, 0.15) is 0 Å². The molecule has 0 aromatic heterocycles. The van der Waals surface area contributed by atoms with Gasteiger partial charge in [-0.2, -0.15) is 0 Å². The Labute approximate surface area is 99.8 Å². The number of alkyl halides is 1. The highest BCUT2D eigenvalue weighted by molar-refractivity contribution is 6.55. The van der Waals surface area contributed by atoms with Crippen molar-refractivity contribution in [3.05, 3.63) is 53.0 Å². The van der Waals surface area contributed by atoms with Crippen molar-refractivity contribution in [1.82, 2.24) is 0 Å². The van der Waals surface area contributed by atoms with Crippen LogP contribution in [0, 0.1) is 0 Å². The SMILES string of the molecule is C=C(Cl)Cl.ClCC=Cc1ccccc1. The molecule has 0 saturated carbocycles. The predicted molar refractivity (Wildman–Crippen MR) is 67.0 cm³/mol. The Hall–Kier alpha value is -0.430. The molecule has 3 heteroatoms. The lowest BCUT2D eigenvalue weighted by molar-refractivity contribution is 1.65. The number of allylic oxidation sites excluding steroid dienone is 1. The standard InChI is InChI=1S/C9H9Cl.C2H2Cl2/c10-8-4-7-9-5-2-1-3-6-9;1-2(3)4/h1-7H,8H2;1H2. The summed E-state index contributed by atoms with van der Waals surface area (Å²) >= 11 is 15.2. The third kappa shape index (κ3) is 9.66. The summed E-state index contributed by atoms with van der Waals surface area (Å²) in [6.45, 7) is 3.09. The van der Waals surface area contributed by atoms with Crippen molar-refractivity contribution in [2.75, 3.05) is 5.88 Å². The molecule has 0 aliphatic carbocycles. The van der Waals surface area contributed by atoms with Crippen LogP contribution >= 0.6 is 34.8 Å². The van der Waals surface area contributed by atoms with Gasteiger partial charge in [0, 0.05) is 5.88 Å². The van der Waals surface area contributed by atoms with Crippen molar-refractivity contribution in [3.8, 4) is 0 Å². The number of benzene rings is 1. The van der Waals surface area contributed by atoms with E-state index in [0.717, 1.165) is 0 Å². The summed E-state index contributed by atoms with van der Waals surface area (Å²) in [5.74, 6) is 0.578. The molecule has 1 aromatic rings. The minimum atomic E-state index is 0.111. The average Bonchev–Trinajstić information content (AvgIpc) is 2.15. The molecule has 0 nitrogen and oxygen atoms in total. The maximum absolute atomic E-state index is 5.46. The van der Waals surface area contributed by atoms with Crippen molar-refractivity contribution < 1.29 is 0 Å². The van der Waals surface area contributed by atoms with E-state index in [1.165, 1.54) is 5.56 Å². The molecular formula is C11H11Cl3. The lowest BCUT2D eigenvalue weighted by Crippen LogP contribution is -1.67. The summed E-state index contributed by atoms with van der Waals surface area (Å²) < 4.78 is 0.111. The summed E-state index contributed by atoms with van der Waals surface area (Å²) in [6.07, 6.45) is 3.93. The highest BCUT2D eigenvalue weighted by Crippen LogP contribution is 2.00. The maximum Gasteiger partial charge on any atom is 0.0992 e. The van der Waals surface area contributed by atoms with Gasteiger partial charge in [-0.25, -0.2) is 0 Å². The van der Waals surface area contributed by atoms with Crippen molar-refractivity contribution in [2.24, 2.45) is 0 Å². The van der Waals surface area contributed by atoms with Crippen molar-refractivity contribution >= 4 is 40.9 Å². The monoisotopic (exact) mass is 248 g/mol. The second kappa shape index (κ2) is 9.14. The van der Waals surface area contributed by atoms with Gasteiger partial charge in [0.2, 0.25) is 0 Å². The molecular weight excluding hydrogens is 238 g/mol. The highest BCUT2D eigenvalue weighted by atomic mass is 35.5. The Bertz CT molecular complexity index is 274. The van der Waals surface area contributed by atoms with Crippen molar-refractivity contribution in [3.63, 3.8) is 0 Å². The third-order valence-corrected chi connectivity index (χ3v) is 1.38. The molecule has 0 spiro atoms. The lowest BCUT2D eigenvalue weighted by Gasteiger charge is -1.87. The number of hydrogen-bond acceptors (Lipinski definition) is 0. The van der Waals surface area contributed by atoms with Gasteiger partial charge in [0.05, 0.1) is 4.49 Å². The van der Waals surface area contributed by atoms with Crippen molar-refractivity contribution in [2.45, 2.75) is 0 Å². The molecule has 76 valence electrons. The molecule has 1 rings (SSSR count). The Kier molecular flexibility index (Phi) is 8.86.